The summed E-state index contributed by atoms with van der Waals surface area (Å²) in [6, 6.07) is 0.494. The number of amides is 1. The van der Waals surface area contributed by atoms with Crippen LogP contribution in [0.1, 0.15) is 33.6 Å². The van der Waals surface area contributed by atoms with E-state index < -0.39 is 0 Å². The number of hydrogen-bond donors (Lipinski definition) is 0. The molecule has 3 rings (SSSR count). The molecular formula is C18H32N2O3. The molecule has 0 spiro atoms. The standard InChI is InChI=1S/C18H32N2O3/c1-14-12-20(13-16(14)19-6-10-23-11-7-19)17(21)18(2,3)15-4-8-22-9-5-15/h14-16H,4-13H2,1-3H3/t14-,16-/m1/s1. The number of ether oxygens (including phenoxy) is 2. The molecule has 0 N–H and O–H groups in total. The molecular weight excluding hydrogens is 292 g/mol. The Hall–Kier alpha value is -0.650. The third-order valence-electron chi connectivity index (χ3n) is 6.17. The van der Waals surface area contributed by atoms with Gasteiger partial charge >= 0.3 is 0 Å². The molecule has 3 fully saturated rings. The van der Waals surface area contributed by atoms with Crippen LogP contribution in [0, 0.1) is 17.3 Å². The molecule has 23 heavy (non-hydrogen) atoms. The molecule has 3 heterocycles. The SMILES string of the molecule is C[C@@H]1CN(C(=O)C(C)(C)C2CCOCC2)C[C@H]1N1CCOCC1. The Morgan fingerprint density at radius 3 is 2.26 bits per heavy atom. The van der Waals surface area contributed by atoms with E-state index in [1.807, 2.05) is 0 Å². The van der Waals surface area contributed by atoms with Gasteiger partial charge in [-0.2, -0.15) is 0 Å². The van der Waals surface area contributed by atoms with E-state index in [9.17, 15) is 4.79 Å². The Balaban J connectivity index is 1.63. The molecule has 0 bridgehead atoms. The van der Waals surface area contributed by atoms with Crippen LogP contribution >= 0.6 is 0 Å². The van der Waals surface area contributed by atoms with Crippen LogP contribution in [-0.4, -0.2) is 74.4 Å². The lowest BCUT2D eigenvalue weighted by atomic mass is 9.73. The second-order valence-electron chi connectivity index (χ2n) is 8.01. The quantitative estimate of drug-likeness (QED) is 0.791. The van der Waals surface area contributed by atoms with E-state index in [1.54, 1.807) is 0 Å². The number of hydrogen-bond acceptors (Lipinski definition) is 4. The maximum Gasteiger partial charge on any atom is 0.228 e. The topological polar surface area (TPSA) is 42.0 Å². The summed E-state index contributed by atoms with van der Waals surface area (Å²) in [5, 5.41) is 0. The van der Waals surface area contributed by atoms with Crippen LogP contribution in [0.15, 0.2) is 0 Å². The highest BCUT2D eigenvalue weighted by atomic mass is 16.5. The summed E-state index contributed by atoms with van der Waals surface area (Å²) >= 11 is 0. The predicted molar refractivity (Wildman–Crippen MR) is 89.2 cm³/mol. The van der Waals surface area contributed by atoms with E-state index in [4.69, 9.17) is 9.47 Å². The second kappa shape index (κ2) is 7.08. The van der Waals surface area contributed by atoms with Crippen molar-refractivity contribution in [2.24, 2.45) is 17.3 Å². The van der Waals surface area contributed by atoms with Crippen molar-refractivity contribution in [1.82, 2.24) is 9.80 Å². The summed E-state index contributed by atoms with van der Waals surface area (Å²) < 4.78 is 10.9. The van der Waals surface area contributed by atoms with E-state index >= 15 is 0 Å². The minimum absolute atomic E-state index is 0.274. The molecule has 0 saturated carbocycles. The molecule has 0 aliphatic carbocycles. The van der Waals surface area contributed by atoms with E-state index in [0.29, 0.717) is 23.8 Å². The molecule has 0 aromatic heterocycles. The number of carbonyl (C=O) groups excluding carboxylic acids is 1. The van der Waals surface area contributed by atoms with Gasteiger partial charge in [-0.1, -0.05) is 20.8 Å². The van der Waals surface area contributed by atoms with Gasteiger partial charge in [0.15, 0.2) is 0 Å². The van der Waals surface area contributed by atoms with Gasteiger partial charge in [0.25, 0.3) is 0 Å². The fourth-order valence-electron chi connectivity index (χ4n) is 4.50. The summed E-state index contributed by atoms with van der Waals surface area (Å²) in [5.74, 6) is 1.33. The zero-order valence-electron chi connectivity index (χ0n) is 14.9. The minimum atomic E-state index is -0.274. The molecule has 3 saturated heterocycles. The highest BCUT2D eigenvalue weighted by Crippen LogP contribution is 2.37. The number of morpholine rings is 1. The van der Waals surface area contributed by atoms with Crippen molar-refractivity contribution < 1.29 is 14.3 Å². The van der Waals surface area contributed by atoms with Gasteiger partial charge < -0.3 is 14.4 Å². The number of likely N-dealkylation sites (tertiary alicyclic amines) is 1. The van der Waals surface area contributed by atoms with Crippen LogP contribution in [0.4, 0.5) is 0 Å². The first kappa shape index (κ1) is 17.2. The Morgan fingerprint density at radius 1 is 1.00 bits per heavy atom. The monoisotopic (exact) mass is 324 g/mol. The van der Waals surface area contributed by atoms with Gasteiger partial charge in [-0.15, -0.1) is 0 Å². The molecule has 3 aliphatic rings. The lowest BCUT2D eigenvalue weighted by Crippen LogP contribution is -2.48. The van der Waals surface area contributed by atoms with Crippen molar-refractivity contribution in [2.45, 2.75) is 39.7 Å². The van der Waals surface area contributed by atoms with Gasteiger partial charge in [0.05, 0.1) is 13.2 Å². The fraction of sp³-hybridized carbons (Fsp3) is 0.944. The highest BCUT2D eigenvalue weighted by Gasteiger charge is 2.44. The molecule has 0 unspecified atom stereocenters. The van der Waals surface area contributed by atoms with Crippen LogP contribution in [-0.2, 0) is 14.3 Å². The lowest BCUT2D eigenvalue weighted by Gasteiger charge is -2.38. The van der Waals surface area contributed by atoms with Crippen LogP contribution in [0.25, 0.3) is 0 Å². The zero-order valence-corrected chi connectivity index (χ0v) is 14.9. The molecule has 0 aromatic carbocycles. The van der Waals surface area contributed by atoms with Crippen molar-refractivity contribution in [3.8, 4) is 0 Å². The number of rotatable bonds is 3. The first-order valence-corrected chi connectivity index (χ1v) is 9.19. The summed E-state index contributed by atoms with van der Waals surface area (Å²) in [4.78, 5) is 17.8. The molecule has 5 heteroatoms. The van der Waals surface area contributed by atoms with Crippen LogP contribution in [0.2, 0.25) is 0 Å². The lowest BCUT2D eigenvalue weighted by molar-refractivity contribution is -0.144. The number of nitrogens with zero attached hydrogens (tertiary/aromatic N) is 2. The largest absolute Gasteiger partial charge is 0.381 e. The highest BCUT2D eigenvalue weighted by molar-refractivity contribution is 5.82. The summed E-state index contributed by atoms with van der Waals surface area (Å²) in [6.45, 7) is 13.6. The van der Waals surface area contributed by atoms with E-state index in [2.05, 4.69) is 30.6 Å². The molecule has 5 nitrogen and oxygen atoms in total. The van der Waals surface area contributed by atoms with E-state index in [-0.39, 0.29) is 5.41 Å². The van der Waals surface area contributed by atoms with Gasteiger partial charge in [0, 0.05) is 50.8 Å². The summed E-state index contributed by atoms with van der Waals surface area (Å²) in [6.07, 6.45) is 2.02. The summed E-state index contributed by atoms with van der Waals surface area (Å²) in [7, 11) is 0. The van der Waals surface area contributed by atoms with Crippen molar-refractivity contribution in [2.75, 3.05) is 52.6 Å². The Morgan fingerprint density at radius 2 is 1.61 bits per heavy atom. The smallest absolute Gasteiger partial charge is 0.228 e. The number of carbonyl (C=O) groups is 1. The third-order valence-corrected chi connectivity index (χ3v) is 6.17. The molecule has 1 amide bonds. The van der Waals surface area contributed by atoms with E-state index in [0.717, 1.165) is 65.4 Å². The maximum atomic E-state index is 13.2. The molecule has 3 aliphatic heterocycles. The van der Waals surface area contributed by atoms with Crippen LogP contribution < -0.4 is 0 Å². The van der Waals surface area contributed by atoms with Gasteiger partial charge in [0.2, 0.25) is 5.91 Å². The molecule has 0 radical (unpaired) electrons. The average Bonchev–Trinajstić information content (AvgIpc) is 2.97. The van der Waals surface area contributed by atoms with Crippen LogP contribution in [0.3, 0.4) is 0 Å². The zero-order chi connectivity index (χ0) is 16.4. The van der Waals surface area contributed by atoms with Crippen molar-refractivity contribution in [3.63, 3.8) is 0 Å². The normalized spacial score (nSPS) is 31.5. The molecule has 2 atom stereocenters. The summed E-state index contributed by atoms with van der Waals surface area (Å²) in [5.41, 5.74) is -0.274. The minimum Gasteiger partial charge on any atom is -0.381 e. The van der Waals surface area contributed by atoms with Crippen molar-refractivity contribution in [1.29, 1.82) is 0 Å². The van der Waals surface area contributed by atoms with Crippen LogP contribution in [0.5, 0.6) is 0 Å². The maximum absolute atomic E-state index is 13.2. The van der Waals surface area contributed by atoms with Crippen molar-refractivity contribution >= 4 is 5.91 Å². The third kappa shape index (κ3) is 3.57. The molecule has 0 aromatic rings. The Kier molecular flexibility index (Phi) is 5.29. The van der Waals surface area contributed by atoms with E-state index in [1.165, 1.54) is 0 Å². The molecule has 132 valence electrons. The first-order valence-electron chi connectivity index (χ1n) is 9.19. The van der Waals surface area contributed by atoms with Crippen molar-refractivity contribution in [3.05, 3.63) is 0 Å². The first-order chi connectivity index (χ1) is 11.0. The van der Waals surface area contributed by atoms with Gasteiger partial charge in [-0.25, -0.2) is 0 Å². The van der Waals surface area contributed by atoms with Gasteiger partial charge in [0.1, 0.15) is 0 Å². The van der Waals surface area contributed by atoms with Gasteiger partial charge in [-0.3, -0.25) is 9.69 Å². The Labute approximate surface area is 140 Å². The average molecular weight is 324 g/mol. The second-order valence-corrected chi connectivity index (χ2v) is 8.01. The predicted octanol–water partition coefficient (Wildman–Crippen LogP) is 1.62. The Bertz CT molecular complexity index is 414. The van der Waals surface area contributed by atoms with Gasteiger partial charge in [-0.05, 0) is 24.7 Å². The fourth-order valence-corrected chi connectivity index (χ4v) is 4.50.